The van der Waals surface area contributed by atoms with E-state index in [1.165, 1.54) is 6.33 Å². The van der Waals surface area contributed by atoms with Gasteiger partial charge in [-0.15, -0.1) is 11.6 Å². The van der Waals surface area contributed by atoms with Crippen LogP contribution in [0.4, 0.5) is 5.69 Å². The van der Waals surface area contributed by atoms with Gasteiger partial charge in [-0.3, -0.25) is 9.69 Å². The summed E-state index contributed by atoms with van der Waals surface area (Å²) in [5, 5.41) is 3.45. The van der Waals surface area contributed by atoms with Crippen molar-refractivity contribution < 1.29 is 4.79 Å². The predicted molar refractivity (Wildman–Crippen MR) is 78.6 cm³/mol. The molecule has 0 saturated heterocycles. The Bertz CT molecular complexity index is 568. The van der Waals surface area contributed by atoms with Crippen LogP contribution in [0, 0.1) is 0 Å². The van der Waals surface area contributed by atoms with E-state index in [1.807, 2.05) is 24.3 Å². The van der Waals surface area contributed by atoms with Gasteiger partial charge in [-0.25, -0.2) is 9.67 Å². The molecule has 1 atom stereocenters. The summed E-state index contributed by atoms with van der Waals surface area (Å²) in [7, 11) is 0. The smallest absolute Gasteiger partial charge is 0.246 e. The number of alkyl halides is 1. The molecule has 2 rings (SSSR count). The fourth-order valence-corrected chi connectivity index (χ4v) is 2.12. The number of anilines is 1. The number of rotatable bonds is 5. The first-order chi connectivity index (χ1) is 9.63. The summed E-state index contributed by atoms with van der Waals surface area (Å²) in [5.41, 5.74) is 1.96. The molecule has 0 aliphatic rings. The van der Waals surface area contributed by atoms with Crippen molar-refractivity contribution in [3.05, 3.63) is 42.5 Å². The van der Waals surface area contributed by atoms with Crippen molar-refractivity contribution in [1.29, 1.82) is 0 Å². The number of hydrogen-bond donors (Lipinski definition) is 0. The van der Waals surface area contributed by atoms with Crippen LogP contribution in [-0.4, -0.2) is 26.0 Å². The molecule has 0 saturated carbocycles. The summed E-state index contributed by atoms with van der Waals surface area (Å²) >= 11 is 5.97. The molecule has 1 unspecified atom stereocenters. The first-order valence-corrected chi connectivity index (χ1v) is 6.93. The van der Waals surface area contributed by atoms with Crippen molar-refractivity contribution in [3.63, 3.8) is 0 Å². The molecule has 0 fully saturated rings. The van der Waals surface area contributed by atoms with E-state index < -0.39 is 5.38 Å². The van der Waals surface area contributed by atoms with E-state index in [2.05, 4.69) is 17.0 Å². The van der Waals surface area contributed by atoms with Crippen molar-refractivity contribution in [2.45, 2.75) is 32.3 Å². The van der Waals surface area contributed by atoms with E-state index in [-0.39, 0.29) is 5.91 Å². The van der Waals surface area contributed by atoms with Crippen molar-refractivity contribution in [2.75, 3.05) is 4.90 Å². The zero-order valence-corrected chi connectivity index (χ0v) is 12.3. The molecule has 1 heterocycles. The van der Waals surface area contributed by atoms with Crippen LogP contribution in [0.25, 0.3) is 0 Å². The third-order valence-corrected chi connectivity index (χ3v) is 3.21. The topological polar surface area (TPSA) is 51.0 Å². The van der Waals surface area contributed by atoms with E-state index in [4.69, 9.17) is 11.6 Å². The van der Waals surface area contributed by atoms with Gasteiger partial charge in [0.15, 0.2) is 0 Å². The number of halogens is 1. The molecule has 1 aromatic heterocycles. The molecule has 1 amide bonds. The molecule has 0 aliphatic heterocycles. The second-order valence-corrected chi connectivity index (χ2v) is 5.10. The summed E-state index contributed by atoms with van der Waals surface area (Å²) in [5.74, 6) is -0.150. The fourth-order valence-electron chi connectivity index (χ4n) is 2.00. The molecule has 1 aromatic carbocycles. The molecule has 106 valence electrons. The minimum absolute atomic E-state index is 0.150. The molecular weight excluding hydrogens is 276 g/mol. The van der Waals surface area contributed by atoms with Crippen LogP contribution in [0.3, 0.4) is 0 Å². The highest BCUT2D eigenvalue weighted by molar-refractivity contribution is 6.32. The number of aryl methyl sites for hydroxylation is 1. The molecule has 2 aromatic rings. The monoisotopic (exact) mass is 292 g/mol. The Balaban J connectivity index is 2.37. The zero-order valence-electron chi connectivity index (χ0n) is 11.5. The Kier molecular flexibility index (Phi) is 4.74. The van der Waals surface area contributed by atoms with E-state index in [1.54, 1.807) is 22.8 Å². The lowest BCUT2D eigenvalue weighted by molar-refractivity contribution is -0.118. The minimum Gasteiger partial charge on any atom is -0.291 e. The average Bonchev–Trinajstić information content (AvgIpc) is 2.97. The lowest BCUT2D eigenvalue weighted by Crippen LogP contribution is -2.38. The normalized spacial score (nSPS) is 12.2. The molecule has 0 N–H and O–H groups in total. The highest BCUT2D eigenvalue weighted by atomic mass is 35.5. The van der Waals surface area contributed by atoms with E-state index in [9.17, 15) is 4.79 Å². The molecule has 0 bridgehead atoms. The predicted octanol–water partition coefficient (Wildman–Crippen LogP) is 2.46. The lowest BCUT2D eigenvalue weighted by atomic mass is 10.1. The number of carbonyl (C=O) groups excluding carboxylic acids is 1. The maximum absolute atomic E-state index is 12.4. The van der Waals surface area contributed by atoms with Crippen LogP contribution < -0.4 is 4.90 Å². The quantitative estimate of drug-likeness (QED) is 0.796. The van der Waals surface area contributed by atoms with Gasteiger partial charge in [0.25, 0.3) is 0 Å². The van der Waals surface area contributed by atoms with Crippen LogP contribution in [0.15, 0.2) is 36.9 Å². The van der Waals surface area contributed by atoms with Crippen LogP contribution in [0.2, 0.25) is 0 Å². The highest BCUT2D eigenvalue weighted by Crippen LogP contribution is 2.23. The second kappa shape index (κ2) is 6.52. The third kappa shape index (κ3) is 3.17. The van der Waals surface area contributed by atoms with Gasteiger partial charge in [0.2, 0.25) is 5.91 Å². The molecule has 6 heteroatoms. The van der Waals surface area contributed by atoms with E-state index in [0.717, 1.165) is 17.7 Å². The van der Waals surface area contributed by atoms with Gasteiger partial charge in [0.1, 0.15) is 24.7 Å². The van der Waals surface area contributed by atoms with Gasteiger partial charge in [-0.2, -0.15) is 5.10 Å². The third-order valence-electron chi connectivity index (χ3n) is 3.02. The zero-order chi connectivity index (χ0) is 14.5. The van der Waals surface area contributed by atoms with Crippen molar-refractivity contribution >= 4 is 23.2 Å². The van der Waals surface area contributed by atoms with Gasteiger partial charge in [0.05, 0.1) is 0 Å². The van der Waals surface area contributed by atoms with Crippen molar-refractivity contribution in [3.8, 4) is 0 Å². The maximum Gasteiger partial charge on any atom is 0.246 e. The van der Waals surface area contributed by atoms with Gasteiger partial charge < -0.3 is 0 Å². The van der Waals surface area contributed by atoms with E-state index in [0.29, 0.717) is 6.67 Å². The number of carbonyl (C=O) groups is 1. The number of hydrogen-bond acceptors (Lipinski definition) is 3. The SMILES string of the molecule is CCc1ccccc1N(Cn1cncn1)C(=O)C(C)Cl. The summed E-state index contributed by atoms with van der Waals surface area (Å²) in [6.45, 7) is 4.03. The van der Waals surface area contributed by atoms with Gasteiger partial charge in [0, 0.05) is 5.69 Å². The number of amides is 1. The van der Waals surface area contributed by atoms with Crippen LogP contribution >= 0.6 is 11.6 Å². The second-order valence-electron chi connectivity index (χ2n) is 4.44. The molecule has 20 heavy (non-hydrogen) atoms. The van der Waals surface area contributed by atoms with Gasteiger partial charge in [-0.05, 0) is 25.0 Å². The average molecular weight is 293 g/mol. The first-order valence-electron chi connectivity index (χ1n) is 6.49. The molecular formula is C14H17ClN4O. The largest absolute Gasteiger partial charge is 0.291 e. The number of para-hydroxylation sites is 1. The summed E-state index contributed by atoms with van der Waals surface area (Å²) in [6.07, 6.45) is 3.86. The van der Waals surface area contributed by atoms with Crippen molar-refractivity contribution in [2.24, 2.45) is 0 Å². The van der Waals surface area contributed by atoms with E-state index >= 15 is 0 Å². The molecule has 0 radical (unpaired) electrons. The van der Waals surface area contributed by atoms with Gasteiger partial charge in [-0.1, -0.05) is 25.1 Å². The Hall–Kier alpha value is -1.88. The number of benzene rings is 1. The van der Waals surface area contributed by atoms with Crippen LogP contribution in [0.5, 0.6) is 0 Å². The Morgan fingerprint density at radius 3 is 2.80 bits per heavy atom. The molecule has 0 aliphatic carbocycles. The molecule has 0 spiro atoms. The first kappa shape index (κ1) is 14.5. The Morgan fingerprint density at radius 1 is 1.45 bits per heavy atom. The maximum atomic E-state index is 12.4. The minimum atomic E-state index is -0.594. The van der Waals surface area contributed by atoms with Crippen molar-refractivity contribution in [1.82, 2.24) is 14.8 Å². The fraction of sp³-hybridized carbons (Fsp3) is 0.357. The highest BCUT2D eigenvalue weighted by Gasteiger charge is 2.22. The lowest BCUT2D eigenvalue weighted by Gasteiger charge is -2.25. The van der Waals surface area contributed by atoms with Crippen LogP contribution in [0.1, 0.15) is 19.4 Å². The summed E-state index contributed by atoms with van der Waals surface area (Å²) in [6, 6.07) is 7.81. The standard InChI is InChI=1S/C14H17ClN4O/c1-3-12-6-4-5-7-13(12)19(14(20)11(2)15)10-18-9-16-8-17-18/h4-9,11H,3,10H2,1-2H3. The van der Waals surface area contributed by atoms with Gasteiger partial charge >= 0.3 is 0 Å². The summed E-state index contributed by atoms with van der Waals surface area (Å²) in [4.78, 5) is 17.9. The number of aromatic nitrogens is 3. The molecule has 5 nitrogen and oxygen atoms in total. The van der Waals surface area contributed by atoms with Crippen LogP contribution in [-0.2, 0) is 17.9 Å². The summed E-state index contributed by atoms with van der Waals surface area (Å²) < 4.78 is 1.60. The Morgan fingerprint density at radius 2 is 2.20 bits per heavy atom. The Labute approximate surface area is 123 Å². The number of nitrogens with zero attached hydrogens (tertiary/aromatic N) is 4.